The summed E-state index contributed by atoms with van der Waals surface area (Å²) in [6.45, 7) is 0. The third-order valence-electron chi connectivity index (χ3n) is 3.21. The zero-order valence-electron chi connectivity index (χ0n) is 14.1. The molecule has 0 spiro atoms. The average molecular weight is 377 g/mol. The van der Waals surface area contributed by atoms with Gasteiger partial charge in [0.15, 0.2) is 0 Å². The molecule has 2 rings (SSSR count). The van der Waals surface area contributed by atoms with Crippen molar-refractivity contribution in [1.82, 2.24) is 0 Å². The molecule has 0 aliphatic heterocycles. The summed E-state index contributed by atoms with van der Waals surface area (Å²) in [5.74, 6) is 0.895. The molecule has 0 fully saturated rings. The highest BCUT2D eigenvalue weighted by Gasteiger charge is 2.07. The number of methoxy groups -OCH3 is 1. The van der Waals surface area contributed by atoms with Crippen molar-refractivity contribution in [3.63, 3.8) is 0 Å². The normalized spacial score (nSPS) is 10.2. The molecule has 0 heterocycles. The van der Waals surface area contributed by atoms with Crippen LogP contribution in [0.25, 0.3) is 0 Å². The second kappa shape index (κ2) is 10.0. The van der Waals surface area contributed by atoms with Crippen LogP contribution in [0.5, 0.6) is 5.75 Å². The van der Waals surface area contributed by atoms with E-state index in [-0.39, 0.29) is 23.3 Å². The van der Waals surface area contributed by atoms with Gasteiger partial charge in [0.05, 0.1) is 18.6 Å². The highest BCUT2D eigenvalue weighted by molar-refractivity contribution is 8.00. The summed E-state index contributed by atoms with van der Waals surface area (Å²) in [7, 11) is 1.59. The highest BCUT2D eigenvalue weighted by atomic mass is 32.2. The number of thioether (sulfide) groups is 2. The van der Waals surface area contributed by atoms with Gasteiger partial charge in [0.25, 0.3) is 0 Å². The molecule has 5 nitrogen and oxygen atoms in total. The molecule has 0 saturated heterocycles. The van der Waals surface area contributed by atoms with Crippen molar-refractivity contribution >= 4 is 46.7 Å². The molecule has 0 saturated carbocycles. The van der Waals surface area contributed by atoms with Crippen molar-refractivity contribution in [3.8, 4) is 5.75 Å². The van der Waals surface area contributed by atoms with Gasteiger partial charge in [-0.1, -0.05) is 0 Å². The lowest BCUT2D eigenvalue weighted by atomic mass is 10.3. The molecule has 7 heteroatoms. The first kappa shape index (κ1) is 19.2. The molecule has 0 aliphatic rings. The minimum Gasteiger partial charge on any atom is -0.497 e. The molecule has 0 radical (unpaired) electrons. The van der Waals surface area contributed by atoms with Crippen LogP contribution in [0.1, 0.15) is 0 Å². The van der Waals surface area contributed by atoms with Crippen molar-refractivity contribution in [2.45, 2.75) is 4.90 Å². The van der Waals surface area contributed by atoms with Crippen LogP contribution in [0.15, 0.2) is 53.4 Å². The van der Waals surface area contributed by atoms with Gasteiger partial charge in [0, 0.05) is 16.3 Å². The number of carbonyl (C=O) groups excluding carboxylic acids is 2. The Labute approximate surface area is 155 Å². The molecule has 2 aromatic rings. The number of anilines is 2. The fraction of sp³-hybridized carbons (Fsp3) is 0.222. The first-order chi connectivity index (χ1) is 12.1. The quantitative estimate of drug-likeness (QED) is 0.687. The SMILES string of the molecule is COc1ccc(NC(=O)CSCC(=O)Nc2ccc(SC)cc2)cc1. The summed E-state index contributed by atoms with van der Waals surface area (Å²) in [5, 5.41) is 5.59. The van der Waals surface area contributed by atoms with Crippen molar-refractivity contribution in [2.24, 2.45) is 0 Å². The molecule has 0 bridgehead atoms. The lowest BCUT2D eigenvalue weighted by Crippen LogP contribution is -2.18. The van der Waals surface area contributed by atoms with Crippen LogP contribution in [-0.4, -0.2) is 36.7 Å². The Morgan fingerprint density at radius 2 is 1.36 bits per heavy atom. The Balaban J connectivity index is 1.69. The van der Waals surface area contributed by atoms with Gasteiger partial charge < -0.3 is 15.4 Å². The van der Waals surface area contributed by atoms with Crippen LogP contribution in [-0.2, 0) is 9.59 Å². The molecular weight excluding hydrogens is 356 g/mol. The summed E-state index contributed by atoms with van der Waals surface area (Å²) in [5.41, 5.74) is 1.45. The summed E-state index contributed by atoms with van der Waals surface area (Å²) in [4.78, 5) is 24.9. The molecule has 0 aromatic heterocycles. The summed E-state index contributed by atoms with van der Waals surface area (Å²) in [6.07, 6.45) is 2.00. The van der Waals surface area contributed by atoms with Gasteiger partial charge in [-0.05, 0) is 54.8 Å². The first-order valence-corrected chi connectivity index (χ1v) is 9.94. The van der Waals surface area contributed by atoms with Gasteiger partial charge in [0.2, 0.25) is 11.8 Å². The Morgan fingerprint density at radius 3 is 1.80 bits per heavy atom. The smallest absolute Gasteiger partial charge is 0.234 e. The van der Waals surface area contributed by atoms with Crippen LogP contribution in [0.3, 0.4) is 0 Å². The molecule has 2 aromatic carbocycles. The Hall–Kier alpha value is -2.12. The number of benzene rings is 2. The molecule has 0 aliphatic carbocycles. The third-order valence-corrected chi connectivity index (χ3v) is 4.89. The van der Waals surface area contributed by atoms with Gasteiger partial charge in [0.1, 0.15) is 5.75 Å². The van der Waals surface area contributed by atoms with E-state index in [1.54, 1.807) is 43.1 Å². The standard InChI is InChI=1S/C18H20N2O3S2/c1-23-15-7-3-13(4-8-15)19-17(21)11-25-12-18(22)20-14-5-9-16(24-2)10-6-14/h3-10H,11-12H2,1-2H3,(H,19,21)(H,20,22). The Morgan fingerprint density at radius 1 is 0.880 bits per heavy atom. The molecule has 2 amide bonds. The number of hydrogen-bond donors (Lipinski definition) is 2. The van der Waals surface area contributed by atoms with Crippen LogP contribution in [0, 0.1) is 0 Å². The topological polar surface area (TPSA) is 67.4 Å². The highest BCUT2D eigenvalue weighted by Crippen LogP contribution is 2.18. The van der Waals surface area contributed by atoms with E-state index in [1.165, 1.54) is 11.8 Å². The van der Waals surface area contributed by atoms with Gasteiger partial charge >= 0.3 is 0 Å². The number of carbonyl (C=O) groups is 2. The van der Waals surface area contributed by atoms with E-state index in [4.69, 9.17) is 4.74 Å². The largest absolute Gasteiger partial charge is 0.497 e. The Bertz CT molecular complexity index is 642. The summed E-state index contributed by atoms with van der Waals surface area (Å²) < 4.78 is 5.06. The predicted molar refractivity (Wildman–Crippen MR) is 106 cm³/mol. The zero-order chi connectivity index (χ0) is 18.1. The van der Waals surface area contributed by atoms with Crippen molar-refractivity contribution < 1.29 is 14.3 Å². The molecule has 0 unspecified atom stereocenters. The van der Waals surface area contributed by atoms with Gasteiger partial charge in [-0.2, -0.15) is 0 Å². The molecule has 25 heavy (non-hydrogen) atoms. The molecule has 132 valence electrons. The van der Waals surface area contributed by atoms with E-state index in [0.29, 0.717) is 5.69 Å². The second-order valence-corrected chi connectivity index (χ2v) is 6.91. The minimum absolute atomic E-state index is 0.126. The van der Waals surface area contributed by atoms with Crippen molar-refractivity contribution in [1.29, 1.82) is 0 Å². The lowest BCUT2D eigenvalue weighted by molar-refractivity contribution is -0.114. The molecular formula is C18H20N2O3S2. The maximum Gasteiger partial charge on any atom is 0.234 e. The van der Waals surface area contributed by atoms with Crippen LogP contribution in [0.2, 0.25) is 0 Å². The first-order valence-electron chi connectivity index (χ1n) is 7.56. The fourth-order valence-corrected chi connectivity index (χ4v) is 3.00. The molecule has 0 atom stereocenters. The maximum absolute atomic E-state index is 11.9. The minimum atomic E-state index is -0.146. The van der Waals surface area contributed by atoms with E-state index >= 15 is 0 Å². The van der Waals surface area contributed by atoms with Crippen LogP contribution >= 0.6 is 23.5 Å². The number of amides is 2. The maximum atomic E-state index is 11.9. The van der Waals surface area contributed by atoms with Crippen molar-refractivity contribution in [3.05, 3.63) is 48.5 Å². The van der Waals surface area contributed by atoms with E-state index in [1.807, 2.05) is 30.5 Å². The third kappa shape index (κ3) is 6.72. The average Bonchev–Trinajstić information content (AvgIpc) is 2.63. The number of nitrogens with one attached hydrogen (secondary N) is 2. The van der Waals surface area contributed by atoms with E-state index in [0.717, 1.165) is 16.3 Å². The van der Waals surface area contributed by atoms with Gasteiger partial charge in [-0.15, -0.1) is 23.5 Å². The monoisotopic (exact) mass is 376 g/mol. The predicted octanol–water partition coefficient (Wildman–Crippen LogP) is 3.73. The summed E-state index contributed by atoms with van der Waals surface area (Å²) in [6, 6.07) is 14.7. The van der Waals surface area contributed by atoms with Gasteiger partial charge in [-0.25, -0.2) is 0 Å². The van der Waals surface area contributed by atoms with Crippen molar-refractivity contribution in [2.75, 3.05) is 35.5 Å². The van der Waals surface area contributed by atoms with Crippen LogP contribution < -0.4 is 15.4 Å². The Kier molecular flexibility index (Phi) is 7.69. The number of ether oxygens (including phenoxy) is 1. The zero-order valence-corrected chi connectivity index (χ0v) is 15.7. The number of rotatable bonds is 8. The van der Waals surface area contributed by atoms with E-state index < -0.39 is 0 Å². The fourth-order valence-electron chi connectivity index (χ4n) is 1.98. The van der Waals surface area contributed by atoms with E-state index in [2.05, 4.69) is 10.6 Å². The lowest BCUT2D eigenvalue weighted by Gasteiger charge is -2.07. The van der Waals surface area contributed by atoms with Crippen LogP contribution in [0.4, 0.5) is 11.4 Å². The van der Waals surface area contributed by atoms with Gasteiger partial charge in [-0.3, -0.25) is 9.59 Å². The number of hydrogen-bond acceptors (Lipinski definition) is 5. The second-order valence-electron chi connectivity index (χ2n) is 5.05. The van der Waals surface area contributed by atoms with E-state index in [9.17, 15) is 9.59 Å². The summed E-state index contributed by atoms with van der Waals surface area (Å²) >= 11 is 2.92. The molecule has 2 N–H and O–H groups in total.